The van der Waals surface area contributed by atoms with Crippen LogP contribution in [0.2, 0.25) is 0 Å². The molecular weight excluding hydrogens is 190 g/mol. The van der Waals surface area contributed by atoms with Crippen LogP contribution in [-0.4, -0.2) is 10.3 Å². The lowest BCUT2D eigenvalue weighted by Gasteiger charge is -2.11. The van der Waals surface area contributed by atoms with E-state index in [0.29, 0.717) is 5.75 Å². The van der Waals surface area contributed by atoms with Crippen LogP contribution >= 0.6 is 0 Å². The molecule has 0 amide bonds. The first-order valence-electron chi connectivity index (χ1n) is 5.02. The summed E-state index contributed by atoms with van der Waals surface area (Å²) in [4.78, 5) is 0. The Kier molecular flexibility index (Phi) is 1.63. The molecule has 1 heterocycles. The number of phenolic OH excluding ortho intramolecular Hbond substituents is 1. The first kappa shape index (κ1) is 8.53. The van der Waals surface area contributed by atoms with E-state index in [0.717, 1.165) is 18.6 Å². The van der Waals surface area contributed by atoms with Gasteiger partial charge in [-0.05, 0) is 30.5 Å². The largest absolute Gasteiger partial charge is 0.508 e. The molecule has 1 aromatic heterocycles. The zero-order valence-electron chi connectivity index (χ0n) is 8.18. The van der Waals surface area contributed by atoms with Gasteiger partial charge in [0.05, 0.1) is 11.6 Å². The Labute approximate surface area is 87.3 Å². The SMILES string of the molecule is Oc1ccc(C2(c3ccno3)CC2)cc1. The highest BCUT2D eigenvalue weighted by Gasteiger charge is 2.48. The van der Waals surface area contributed by atoms with Crippen LogP contribution in [0, 0.1) is 0 Å². The standard InChI is InChI=1S/C12H11NO2/c14-10-3-1-9(2-4-10)12(6-7-12)11-5-8-13-15-11/h1-5,8,14H,6-7H2. The minimum atomic E-state index is 0.0181. The van der Waals surface area contributed by atoms with Gasteiger partial charge >= 0.3 is 0 Å². The van der Waals surface area contributed by atoms with Crippen LogP contribution in [0.5, 0.6) is 5.75 Å². The van der Waals surface area contributed by atoms with Crippen molar-refractivity contribution >= 4 is 0 Å². The summed E-state index contributed by atoms with van der Waals surface area (Å²) in [5.41, 5.74) is 1.21. The number of phenols is 1. The van der Waals surface area contributed by atoms with Gasteiger partial charge in [-0.3, -0.25) is 0 Å². The summed E-state index contributed by atoms with van der Waals surface area (Å²) in [6, 6.07) is 9.24. The first-order chi connectivity index (χ1) is 7.31. The van der Waals surface area contributed by atoms with E-state index in [4.69, 9.17) is 4.52 Å². The van der Waals surface area contributed by atoms with Gasteiger partial charge < -0.3 is 9.63 Å². The average molecular weight is 201 g/mol. The highest BCUT2D eigenvalue weighted by atomic mass is 16.5. The Bertz CT molecular complexity index is 455. The number of benzene rings is 1. The number of hydrogen-bond donors (Lipinski definition) is 1. The molecule has 1 saturated carbocycles. The van der Waals surface area contributed by atoms with Crippen molar-refractivity contribution in [2.24, 2.45) is 0 Å². The summed E-state index contributed by atoms with van der Waals surface area (Å²) < 4.78 is 5.23. The molecule has 1 aliphatic rings. The second-order valence-electron chi connectivity index (χ2n) is 4.01. The fraction of sp³-hybridized carbons (Fsp3) is 0.250. The molecular formula is C12H11NO2. The molecule has 1 N–H and O–H groups in total. The van der Waals surface area contributed by atoms with Gasteiger partial charge in [0.15, 0.2) is 0 Å². The number of aromatic nitrogens is 1. The van der Waals surface area contributed by atoms with E-state index >= 15 is 0 Å². The maximum atomic E-state index is 9.24. The molecule has 3 nitrogen and oxygen atoms in total. The molecule has 3 heteroatoms. The molecule has 15 heavy (non-hydrogen) atoms. The molecule has 76 valence electrons. The van der Waals surface area contributed by atoms with Crippen molar-refractivity contribution in [3.63, 3.8) is 0 Å². The molecule has 0 unspecified atom stereocenters. The van der Waals surface area contributed by atoms with Gasteiger partial charge in [-0.1, -0.05) is 17.3 Å². The van der Waals surface area contributed by atoms with Crippen molar-refractivity contribution in [3.8, 4) is 5.75 Å². The van der Waals surface area contributed by atoms with Crippen molar-refractivity contribution in [2.75, 3.05) is 0 Å². The molecule has 1 aliphatic carbocycles. The van der Waals surface area contributed by atoms with Crippen LogP contribution in [-0.2, 0) is 5.41 Å². The van der Waals surface area contributed by atoms with Crippen LogP contribution in [0.1, 0.15) is 24.2 Å². The predicted molar refractivity (Wildman–Crippen MR) is 54.6 cm³/mol. The lowest BCUT2D eigenvalue weighted by molar-refractivity contribution is 0.366. The Morgan fingerprint density at radius 2 is 1.87 bits per heavy atom. The summed E-state index contributed by atoms with van der Waals surface area (Å²) in [6.07, 6.45) is 3.86. The van der Waals surface area contributed by atoms with E-state index in [1.54, 1.807) is 18.3 Å². The molecule has 2 aromatic rings. The van der Waals surface area contributed by atoms with E-state index < -0.39 is 0 Å². The maximum absolute atomic E-state index is 9.24. The predicted octanol–water partition coefficient (Wildman–Crippen LogP) is 2.46. The van der Waals surface area contributed by atoms with Crippen LogP contribution in [0.3, 0.4) is 0 Å². The molecule has 0 bridgehead atoms. The summed E-state index contributed by atoms with van der Waals surface area (Å²) in [6.45, 7) is 0. The van der Waals surface area contributed by atoms with Crippen LogP contribution < -0.4 is 0 Å². The fourth-order valence-corrected chi connectivity index (χ4v) is 2.05. The Morgan fingerprint density at radius 3 is 2.40 bits per heavy atom. The molecule has 1 aromatic carbocycles. The first-order valence-corrected chi connectivity index (χ1v) is 5.02. The smallest absolute Gasteiger partial charge is 0.147 e. The average Bonchev–Trinajstić information content (AvgIpc) is 2.88. The number of hydrogen-bond acceptors (Lipinski definition) is 3. The van der Waals surface area contributed by atoms with Gasteiger partial charge in [0.25, 0.3) is 0 Å². The molecule has 3 rings (SSSR count). The molecule has 0 aliphatic heterocycles. The second kappa shape index (κ2) is 2.86. The third kappa shape index (κ3) is 1.23. The third-order valence-corrected chi connectivity index (χ3v) is 3.08. The molecule has 1 fully saturated rings. The summed E-state index contributed by atoms with van der Waals surface area (Å²) in [5, 5.41) is 13.0. The Balaban J connectivity index is 2.04. The summed E-state index contributed by atoms with van der Waals surface area (Å²) >= 11 is 0. The fourth-order valence-electron chi connectivity index (χ4n) is 2.05. The van der Waals surface area contributed by atoms with Gasteiger partial charge in [0.1, 0.15) is 11.5 Å². The van der Waals surface area contributed by atoms with Crippen molar-refractivity contribution in [2.45, 2.75) is 18.3 Å². The van der Waals surface area contributed by atoms with Gasteiger partial charge in [0.2, 0.25) is 0 Å². The maximum Gasteiger partial charge on any atom is 0.147 e. The van der Waals surface area contributed by atoms with Gasteiger partial charge in [-0.25, -0.2) is 0 Å². The van der Waals surface area contributed by atoms with E-state index in [1.165, 1.54) is 5.56 Å². The highest BCUT2D eigenvalue weighted by Crippen LogP contribution is 2.53. The van der Waals surface area contributed by atoms with Crippen molar-refractivity contribution in [3.05, 3.63) is 47.9 Å². The van der Waals surface area contributed by atoms with Gasteiger partial charge in [0, 0.05) is 6.07 Å². The zero-order valence-corrected chi connectivity index (χ0v) is 8.18. The topological polar surface area (TPSA) is 46.3 Å². The quantitative estimate of drug-likeness (QED) is 0.811. The molecule has 0 atom stereocenters. The van der Waals surface area contributed by atoms with Crippen molar-refractivity contribution in [1.82, 2.24) is 5.16 Å². The number of aromatic hydroxyl groups is 1. The summed E-state index contributed by atoms with van der Waals surface area (Å²) in [5.74, 6) is 1.22. The zero-order chi connectivity index (χ0) is 10.3. The molecule has 0 spiro atoms. The minimum absolute atomic E-state index is 0.0181. The van der Waals surface area contributed by atoms with Crippen LogP contribution in [0.4, 0.5) is 0 Å². The van der Waals surface area contributed by atoms with E-state index in [-0.39, 0.29) is 5.41 Å². The van der Waals surface area contributed by atoms with Gasteiger partial charge in [-0.15, -0.1) is 0 Å². The summed E-state index contributed by atoms with van der Waals surface area (Å²) in [7, 11) is 0. The third-order valence-electron chi connectivity index (χ3n) is 3.08. The number of nitrogens with zero attached hydrogens (tertiary/aromatic N) is 1. The lowest BCUT2D eigenvalue weighted by Crippen LogP contribution is -2.06. The van der Waals surface area contributed by atoms with Crippen LogP contribution in [0.15, 0.2) is 41.1 Å². The van der Waals surface area contributed by atoms with Crippen molar-refractivity contribution < 1.29 is 9.63 Å². The number of rotatable bonds is 2. The Morgan fingerprint density at radius 1 is 1.13 bits per heavy atom. The van der Waals surface area contributed by atoms with Crippen molar-refractivity contribution in [1.29, 1.82) is 0 Å². The van der Waals surface area contributed by atoms with Gasteiger partial charge in [-0.2, -0.15) is 0 Å². The van der Waals surface area contributed by atoms with E-state index in [9.17, 15) is 5.11 Å². The van der Waals surface area contributed by atoms with E-state index in [2.05, 4.69) is 5.16 Å². The normalized spacial score (nSPS) is 17.6. The van der Waals surface area contributed by atoms with E-state index in [1.807, 2.05) is 18.2 Å². The molecule has 0 saturated heterocycles. The second-order valence-corrected chi connectivity index (χ2v) is 4.01. The minimum Gasteiger partial charge on any atom is -0.508 e. The molecule has 0 radical (unpaired) electrons. The monoisotopic (exact) mass is 201 g/mol. The highest BCUT2D eigenvalue weighted by molar-refractivity contribution is 5.42. The van der Waals surface area contributed by atoms with Crippen LogP contribution in [0.25, 0.3) is 0 Å². The lowest BCUT2D eigenvalue weighted by atomic mass is 9.93. The Hall–Kier alpha value is -1.77.